The number of fused-ring (bicyclic) bond motifs is 5. The third kappa shape index (κ3) is 6.34. The highest BCUT2D eigenvalue weighted by Gasteiger charge is 2.27. The van der Waals surface area contributed by atoms with Gasteiger partial charge in [-0.2, -0.15) is 0 Å². The Balaban J connectivity index is 0.966. The second-order valence-corrected chi connectivity index (χ2v) is 17.4. The summed E-state index contributed by atoms with van der Waals surface area (Å²) in [6, 6.07) is 64.1. The van der Waals surface area contributed by atoms with E-state index in [1.54, 1.807) is 0 Å². The van der Waals surface area contributed by atoms with Crippen molar-refractivity contribution in [2.75, 3.05) is 9.80 Å². The standard InChI is InChI=1S/C58H42N2OS/c1-4-14-39(15-5-1)40-26-30-45(31-27-40)60(46-32-28-41(29-33-46)49-22-13-24-53-51-21-10-11-25-56(51)62-58(49)53)48-36-42-16-12-23-52-50-35-34-47(37-54(50)61-55(38-48)57(42)52)59(43-17-6-2-7-18-43)44-19-8-3-9-20-44/h1-19,21-28,30-32,34-38,44H,20,29,33H2. The number of hydrogen-bond acceptors (Lipinski definition) is 4. The molecule has 3 aliphatic rings. The van der Waals surface area contributed by atoms with E-state index in [-0.39, 0.29) is 6.04 Å². The van der Waals surface area contributed by atoms with Crippen molar-refractivity contribution < 1.29 is 4.74 Å². The van der Waals surface area contributed by atoms with Gasteiger partial charge in [0.1, 0.15) is 11.5 Å². The van der Waals surface area contributed by atoms with Crippen LogP contribution < -0.4 is 14.5 Å². The van der Waals surface area contributed by atoms with Gasteiger partial charge in [-0.3, -0.25) is 0 Å². The van der Waals surface area contributed by atoms with E-state index in [4.69, 9.17) is 4.74 Å². The summed E-state index contributed by atoms with van der Waals surface area (Å²) < 4.78 is 9.79. The fraction of sp³-hybridized carbons (Fsp3) is 0.0690. The molecule has 0 N–H and O–H groups in total. The number of rotatable bonds is 8. The molecule has 2 aliphatic carbocycles. The third-order valence-corrected chi connectivity index (χ3v) is 13.9. The van der Waals surface area contributed by atoms with E-state index in [2.05, 4.69) is 222 Å². The number of ether oxygens (including phenoxy) is 1. The molecule has 0 bridgehead atoms. The lowest BCUT2D eigenvalue weighted by Gasteiger charge is -2.34. The Bertz CT molecular complexity index is 3300. The zero-order valence-electron chi connectivity index (χ0n) is 34.1. The lowest BCUT2D eigenvalue weighted by molar-refractivity contribution is 0.487. The van der Waals surface area contributed by atoms with Crippen molar-refractivity contribution in [3.05, 3.63) is 224 Å². The van der Waals surface area contributed by atoms with Crippen molar-refractivity contribution in [1.29, 1.82) is 0 Å². The van der Waals surface area contributed by atoms with E-state index >= 15 is 0 Å². The third-order valence-electron chi connectivity index (χ3n) is 12.7. The average Bonchev–Trinajstić information content (AvgIpc) is 3.72. The summed E-state index contributed by atoms with van der Waals surface area (Å²) in [5.41, 5.74) is 13.1. The summed E-state index contributed by atoms with van der Waals surface area (Å²) in [7, 11) is 0. The number of allylic oxidation sites excluding steroid dienone is 6. The number of hydrogen-bond donors (Lipinski definition) is 0. The van der Waals surface area contributed by atoms with Crippen LogP contribution in [0.15, 0.2) is 218 Å². The minimum atomic E-state index is 0.199. The monoisotopic (exact) mass is 814 g/mol. The van der Waals surface area contributed by atoms with Crippen molar-refractivity contribution in [2.45, 2.75) is 25.3 Å². The van der Waals surface area contributed by atoms with Crippen LogP contribution in [0.1, 0.15) is 24.8 Å². The van der Waals surface area contributed by atoms with Crippen LogP contribution in [0, 0.1) is 0 Å². The fourth-order valence-corrected chi connectivity index (χ4v) is 11.0. The van der Waals surface area contributed by atoms with Crippen molar-refractivity contribution >= 4 is 70.6 Å². The van der Waals surface area contributed by atoms with Gasteiger partial charge in [-0.05, 0) is 107 Å². The highest BCUT2D eigenvalue weighted by atomic mass is 32.1. The quantitative estimate of drug-likeness (QED) is 0.152. The van der Waals surface area contributed by atoms with Crippen LogP contribution in [-0.2, 0) is 0 Å². The highest BCUT2D eigenvalue weighted by Crippen LogP contribution is 2.51. The van der Waals surface area contributed by atoms with Crippen LogP contribution in [0.25, 0.3) is 58.8 Å². The van der Waals surface area contributed by atoms with Gasteiger partial charge in [-0.1, -0.05) is 146 Å². The number of benzene rings is 8. The fourth-order valence-electron chi connectivity index (χ4n) is 9.72. The van der Waals surface area contributed by atoms with Crippen LogP contribution in [0.5, 0.6) is 11.5 Å². The smallest absolute Gasteiger partial charge is 0.138 e. The topological polar surface area (TPSA) is 15.7 Å². The van der Waals surface area contributed by atoms with Gasteiger partial charge in [-0.15, -0.1) is 11.3 Å². The molecule has 3 nitrogen and oxygen atoms in total. The molecule has 0 amide bonds. The predicted molar refractivity (Wildman–Crippen MR) is 263 cm³/mol. The average molecular weight is 815 g/mol. The summed E-state index contributed by atoms with van der Waals surface area (Å²) >= 11 is 1.90. The van der Waals surface area contributed by atoms with Crippen molar-refractivity contribution in [3.8, 4) is 33.8 Å². The van der Waals surface area contributed by atoms with Gasteiger partial charge in [0.25, 0.3) is 0 Å². The Kier molecular flexibility index (Phi) is 8.97. The van der Waals surface area contributed by atoms with E-state index in [0.29, 0.717) is 0 Å². The summed E-state index contributed by atoms with van der Waals surface area (Å²) in [5.74, 6) is 1.74. The predicted octanol–water partition coefficient (Wildman–Crippen LogP) is 16.6. The molecular formula is C58H42N2OS. The van der Waals surface area contributed by atoms with E-state index in [1.807, 2.05) is 11.3 Å². The highest BCUT2D eigenvalue weighted by molar-refractivity contribution is 7.26. The van der Waals surface area contributed by atoms with Gasteiger partial charge in [0.2, 0.25) is 0 Å². The Morgan fingerprint density at radius 1 is 0.516 bits per heavy atom. The zero-order valence-corrected chi connectivity index (χ0v) is 34.9. The van der Waals surface area contributed by atoms with E-state index < -0.39 is 0 Å². The molecule has 12 rings (SSSR count). The molecule has 4 heteroatoms. The maximum absolute atomic E-state index is 7.08. The maximum atomic E-state index is 7.08. The molecule has 8 aromatic carbocycles. The lowest BCUT2D eigenvalue weighted by Crippen LogP contribution is -2.29. The number of thiophene rings is 1. The van der Waals surface area contributed by atoms with Gasteiger partial charge in [0.05, 0.1) is 11.7 Å². The maximum Gasteiger partial charge on any atom is 0.138 e. The molecule has 0 radical (unpaired) electrons. The number of para-hydroxylation sites is 1. The van der Waals surface area contributed by atoms with Gasteiger partial charge < -0.3 is 14.5 Å². The minimum absolute atomic E-state index is 0.199. The minimum Gasteiger partial charge on any atom is -0.456 e. The summed E-state index contributed by atoms with van der Waals surface area (Å²) in [4.78, 5) is 4.87. The van der Waals surface area contributed by atoms with Gasteiger partial charge in [0.15, 0.2) is 0 Å². The molecular weight excluding hydrogens is 773 g/mol. The van der Waals surface area contributed by atoms with E-state index in [1.165, 1.54) is 53.7 Å². The Morgan fingerprint density at radius 2 is 1.26 bits per heavy atom. The van der Waals surface area contributed by atoms with Gasteiger partial charge in [0, 0.05) is 66.0 Å². The molecule has 1 aliphatic heterocycles. The normalized spacial score (nSPS) is 15.3. The first-order chi connectivity index (χ1) is 30.7. The van der Waals surface area contributed by atoms with Crippen LogP contribution in [0.2, 0.25) is 0 Å². The van der Waals surface area contributed by atoms with Gasteiger partial charge >= 0.3 is 0 Å². The Hall–Kier alpha value is -7.40. The second kappa shape index (κ2) is 15.3. The number of anilines is 4. The van der Waals surface area contributed by atoms with Gasteiger partial charge in [-0.25, -0.2) is 0 Å². The van der Waals surface area contributed by atoms with Crippen LogP contribution >= 0.6 is 11.3 Å². The molecule has 2 heterocycles. The SMILES string of the molecule is C1=CCC(N(c2ccccc2)c2ccc3c(c2)Oc2cc(N(C4=CC=C(c5cccc6c5sc5ccccc56)CC4)c4ccc(-c5ccccc5)cc4)cc4cccc-3c24)C=C1. The molecule has 0 fully saturated rings. The molecule has 1 aromatic heterocycles. The first-order valence-electron chi connectivity index (χ1n) is 21.6. The molecule has 0 saturated heterocycles. The number of nitrogens with zero attached hydrogens (tertiary/aromatic N) is 2. The lowest BCUT2D eigenvalue weighted by atomic mass is 9.92. The van der Waals surface area contributed by atoms with Crippen molar-refractivity contribution in [3.63, 3.8) is 0 Å². The molecule has 9 aromatic rings. The second-order valence-electron chi connectivity index (χ2n) is 16.3. The van der Waals surface area contributed by atoms with Crippen LogP contribution in [0.3, 0.4) is 0 Å². The molecule has 1 atom stereocenters. The molecule has 1 unspecified atom stereocenters. The van der Waals surface area contributed by atoms with E-state index in [0.717, 1.165) is 69.8 Å². The summed E-state index contributed by atoms with van der Waals surface area (Å²) in [6.07, 6.45) is 16.3. The van der Waals surface area contributed by atoms with Crippen LogP contribution in [0.4, 0.5) is 22.7 Å². The largest absolute Gasteiger partial charge is 0.456 e. The zero-order chi connectivity index (χ0) is 41.0. The molecule has 0 saturated carbocycles. The first kappa shape index (κ1) is 36.5. The summed E-state index contributed by atoms with van der Waals surface area (Å²) in [6.45, 7) is 0. The van der Waals surface area contributed by atoms with Crippen LogP contribution in [-0.4, -0.2) is 6.04 Å². The Labute approximate surface area is 366 Å². The first-order valence-corrected chi connectivity index (χ1v) is 22.4. The van der Waals surface area contributed by atoms with Crippen molar-refractivity contribution in [2.24, 2.45) is 0 Å². The molecule has 62 heavy (non-hydrogen) atoms. The Morgan fingerprint density at radius 3 is 2.08 bits per heavy atom. The summed E-state index contributed by atoms with van der Waals surface area (Å²) in [5, 5.41) is 4.98. The van der Waals surface area contributed by atoms with Crippen molar-refractivity contribution in [1.82, 2.24) is 0 Å². The van der Waals surface area contributed by atoms with E-state index in [9.17, 15) is 0 Å². The molecule has 296 valence electrons. The molecule has 0 spiro atoms.